The van der Waals surface area contributed by atoms with E-state index in [1.165, 1.54) is 0 Å². The molecular weight excluding hydrogens is 436 g/mol. The van der Waals surface area contributed by atoms with E-state index >= 15 is 0 Å². The number of nitrogens with two attached hydrogens (primary N) is 2. The molecule has 9 heteroatoms. The molecular formula is C24H28N6O2S. The highest BCUT2D eigenvalue weighted by Gasteiger charge is 2.62. The van der Waals surface area contributed by atoms with Gasteiger partial charge >= 0.3 is 0 Å². The lowest BCUT2D eigenvalue weighted by atomic mass is 9.66. The fraction of sp³-hybridized carbons (Fsp3) is 0.375. The largest absolute Gasteiger partial charge is 0.402 e. The maximum Gasteiger partial charge on any atom is 0.241 e. The van der Waals surface area contributed by atoms with Crippen molar-refractivity contribution in [2.24, 2.45) is 16.1 Å². The molecule has 0 atom stereocenters. The van der Waals surface area contributed by atoms with Crippen LogP contribution >= 0.6 is 0 Å². The second kappa shape index (κ2) is 7.97. The van der Waals surface area contributed by atoms with Crippen LogP contribution in [0.25, 0.3) is 16.7 Å². The lowest BCUT2D eigenvalue weighted by molar-refractivity contribution is 0.161. The van der Waals surface area contributed by atoms with Gasteiger partial charge in [-0.25, -0.2) is 18.1 Å². The quantitative estimate of drug-likeness (QED) is 0.560. The summed E-state index contributed by atoms with van der Waals surface area (Å²) in [6, 6.07) is 9.25. The summed E-state index contributed by atoms with van der Waals surface area (Å²) in [5.74, 6) is 0.313. The number of hydrogen-bond acceptors (Lipinski definition) is 7. The average Bonchev–Trinajstić information content (AvgIpc) is 3.28. The van der Waals surface area contributed by atoms with E-state index in [1.807, 2.05) is 13.0 Å². The maximum atomic E-state index is 13.2. The monoisotopic (exact) mass is 464 g/mol. The van der Waals surface area contributed by atoms with Gasteiger partial charge in [0.2, 0.25) is 10.0 Å². The number of aryl methyl sites for hydroxylation is 1. The molecule has 5 rings (SSSR count). The van der Waals surface area contributed by atoms with E-state index in [1.54, 1.807) is 44.6 Å². The van der Waals surface area contributed by atoms with Crippen LogP contribution in [0.15, 0.2) is 46.0 Å². The summed E-state index contributed by atoms with van der Waals surface area (Å²) in [7, 11) is -2.11. The summed E-state index contributed by atoms with van der Waals surface area (Å²) in [6.45, 7) is 3.67. The summed E-state index contributed by atoms with van der Waals surface area (Å²) in [4.78, 5) is 8.56. The van der Waals surface area contributed by atoms with Crippen LogP contribution in [0.4, 0.5) is 5.82 Å². The Hall–Kier alpha value is -3.22. The molecule has 33 heavy (non-hydrogen) atoms. The van der Waals surface area contributed by atoms with Crippen molar-refractivity contribution in [2.45, 2.75) is 50.0 Å². The second-order valence-corrected chi connectivity index (χ2v) is 10.9. The van der Waals surface area contributed by atoms with Crippen LogP contribution in [0.1, 0.15) is 43.7 Å². The zero-order chi connectivity index (χ0) is 24.0. The van der Waals surface area contributed by atoms with Gasteiger partial charge in [0.15, 0.2) is 0 Å². The van der Waals surface area contributed by atoms with Gasteiger partial charge in [-0.3, -0.25) is 4.99 Å². The minimum absolute atomic E-state index is 0.179. The number of pyridine rings is 1. The zero-order valence-electron chi connectivity index (χ0n) is 19.0. The molecule has 1 aromatic heterocycles. The Bertz CT molecular complexity index is 1330. The van der Waals surface area contributed by atoms with Crippen molar-refractivity contribution in [3.8, 4) is 17.2 Å². The Balaban J connectivity index is 1.71. The van der Waals surface area contributed by atoms with Gasteiger partial charge < -0.3 is 11.5 Å². The molecule has 0 amide bonds. The SMILES string of the molecule is CN=C/C(=C(/C)N)c1cc(-c2cc(S(=O)(=O)NC34CCC(C#N)(C3)C4)ccc2C)cnc1N. The number of nitriles is 1. The number of benzene rings is 1. The van der Waals surface area contributed by atoms with Gasteiger partial charge in [0.25, 0.3) is 0 Å². The number of aliphatic imine (C=N–C) groups is 1. The Kier molecular flexibility index (Phi) is 5.55. The minimum Gasteiger partial charge on any atom is -0.402 e. The zero-order valence-corrected chi connectivity index (χ0v) is 19.8. The number of hydrogen-bond donors (Lipinski definition) is 3. The third-order valence-corrected chi connectivity index (χ3v) is 8.32. The van der Waals surface area contributed by atoms with E-state index < -0.39 is 15.6 Å². The highest BCUT2D eigenvalue weighted by molar-refractivity contribution is 7.89. The minimum atomic E-state index is -3.76. The van der Waals surface area contributed by atoms with Crippen LogP contribution in [0.5, 0.6) is 0 Å². The molecule has 1 aromatic carbocycles. The number of aromatic nitrogens is 1. The summed E-state index contributed by atoms with van der Waals surface area (Å²) in [6.07, 6.45) is 5.84. The van der Waals surface area contributed by atoms with E-state index in [9.17, 15) is 13.7 Å². The number of sulfonamides is 1. The predicted octanol–water partition coefficient (Wildman–Crippen LogP) is 3.14. The molecule has 2 bridgehead atoms. The molecule has 0 aliphatic heterocycles. The van der Waals surface area contributed by atoms with E-state index in [0.717, 1.165) is 23.1 Å². The molecule has 3 saturated carbocycles. The van der Waals surface area contributed by atoms with Gasteiger partial charge in [-0.15, -0.1) is 0 Å². The molecule has 0 saturated heterocycles. The van der Waals surface area contributed by atoms with Crippen molar-refractivity contribution in [3.05, 3.63) is 47.3 Å². The van der Waals surface area contributed by atoms with Gasteiger partial charge in [0.05, 0.1) is 16.4 Å². The van der Waals surface area contributed by atoms with Gasteiger partial charge in [0, 0.05) is 47.4 Å². The maximum absolute atomic E-state index is 13.2. The Morgan fingerprint density at radius 2 is 2.03 bits per heavy atom. The summed E-state index contributed by atoms with van der Waals surface area (Å²) in [5.41, 5.74) is 15.5. The van der Waals surface area contributed by atoms with Crippen molar-refractivity contribution in [3.63, 3.8) is 0 Å². The van der Waals surface area contributed by atoms with Crippen LogP contribution in [0.2, 0.25) is 0 Å². The van der Waals surface area contributed by atoms with E-state index in [4.69, 9.17) is 11.5 Å². The van der Waals surface area contributed by atoms with Crippen LogP contribution in [0.3, 0.4) is 0 Å². The Morgan fingerprint density at radius 1 is 1.30 bits per heavy atom. The molecule has 0 radical (unpaired) electrons. The molecule has 172 valence electrons. The Morgan fingerprint density at radius 3 is 2.64 bits per heavy atom. The Labute approximate surface area is 194 Å². The lowest BCUT2D eigenvalue weighted by Gasteiger charge is -2.43. The first-order valence-corrected chi connectivity index (χ1v) is 12.2. The van der Waals surface area contributed by atoms with Crippen LogP contribution in [-0.2, 0) is 10.0 Å². The number of rotatable bonds is 6. The average molecular weight is 465 g/mol. The predicted molar refractivity (Wildman–Crippen MR) is 130 cm³/mol. The van der Waals surface area contributed by atoms with Gasteiger partial charge in [-0.2, -0.15) is 5.26 Å². The fourth-order valence-corrected chi connectivity index (χ4v) is 6.56. The molecule has 3 fully saturated rings. The standard InChI is InChI=1S/C24H28N6O2S/c1-15-4-5-18(33(31,32)30-24-7-6-23(12-24,13-24)14-25)9-19(15)17-8-20(22(27)29-10-17)21(11-28-3)16(2)26/h4-5,8-11,30H,6-7,12-13,26H2,1-3H3,(H2,27,29)/b21-16+,28-11?. The number of nitrogens with zero attached hydrogens (tertiary/aromatic N) is 3. The smallest absolute Gasteiger partial charge is 0.241 e. The molecule has 8 nitrogen and oxygen atoms in total. The summed E-state index contributed by atoms with van der Waals surface area (Å²) in [5, 5.41) is 9.37. The first-order valence-electron chi connectivity index (χ1n) is 10.7. The topological polar surface area (TPSA) is 147 Å². The number of nitrogen functional groups attached to an aromatic ring is 1. The molecule has 2 aromatic rings. The first-order chi connectivity index (χ1) is 15.5. The highest BCUT2D eigenvalue weighted by Crippen LogP contribution is 2.61. The van der Waals surface area contributed by atoms with Crippen molar-refractivity contribution < 1.29 is 8.42 Å². The number of allylic oxidation sites excluding steroid dienone is 2. The van der Waals surface area contributed by atoms with E-state index in [-0.39, 0.29) is 10.3 Å². The number of nitrogens with one attached hydrogen (secondary N) is 1. The molecule has 3 aliphatic carbocycles. The number of fused-ring (bicyclic) bond motifs is 1. The molecule has 0 unspecified atom stereocenters. The summed E-state index contributed by atoms with van der Waals surface area (Å²) < 4.78 is 29.4. The molecule has 5 N–H and O–H groups in total. The van der Waals surface area contributed by atoms with Crippen LogP contribution < -0.4 is 16.2 Å². The van der Waals surface area contributed by atoms with Crippen molar-refractivity contribution in [1.82, 2.24) is 9.71 Å². The van der Waals surface area contributed by atoms with Crippen LogP contribution in [0, 0.1) is 23.7 Å². The second-order valence-electron chi connectivity index (χ2n) is 9.25. The normalized spacial score (nSPS) is 24.9. The lowest BCUT2D eigenvalue weighted by Crippen LogP contribution is -2.55. The van der Waals surface area contributed by atoms with Gasteiger partial charge in [-0.05, 0) is 68.9 Å². The van der Waals surface area contributed by atoms with Crippen molar-refractivity contribution in [1.29, 1.82) is 5.26 Å². The van der Waals surface area contributed by atoms with Crippen molar-refractivity contribution in [2.75, 3.05) is 12.8 Å². The fourth-order valence-electron chi connectivity index (χ4n) is 5.11. The van der Waals surface area contributed by atoms with Gasteiger partial charge in [-0.1, -0.05) is 6.07 Å². The van der Waals surface area contributed by atoms with Gasteiger partial charge in [0.1, 0.15) is 5.82 Å². The van der Waals surface area contributed by atoms with Crippen LogP contribution in [-0.4, -0.2) is 32.2 Å². The number of anilines is 1. The molecule has 0 spiro atoms. The first kappa shape index (κ1) is 23.0. The van der Waals surface area contributed by atoms with E-state index in [2.05, 4.69) is 20.8 Å². The van der Waals surface area contributed by atoms with Crippen molar-refractivity contribution >= 4 is 27.6 Å². The highest BCUT2D eigenvalue weighted by atomic mass is 32.2. The third-order valence-electron chi connectivity index (χ3n) is 6.75. The van der Waals surface area contributed by atoms with E-state index in [0.29, 0.717) is 41.9 Å². The molecule has 3 aliphatic rings. The summed E-state index contributed by atoms with van der Waals surface area (Å²) >= 11 is 0. The molecule has 1 heterocycles. The third kappa shape index (κ3) is 4.01.